The first-order valence-corrected chi connectivity index (χ1v) is 10.7. The van der Waals surface area contributed by atoms with Crippen LogP contribution >= 0.6 is 21.6 Å². The van der Waals surface area contributed by atoms with Crippen molar-refractivity contribution in [2.45, 2.75) is 48.8 Å². The summed E-state index contributed by atoms with van der Waals surface area (Å²) in [5.41, 5.74) is 1.04. The molecule has 30 heavy (non-hydrogen) atoms. The molecule has 2 aromatic heterocycles. The van der Waals surface area contributed by atoms with Crippen LogP contribution in [0.2, 0.25) is 0 Å². The van der Waals surface area contributed by atoms with Crippen LogP contribution in [0, 0.1) is 0 Å². The summed E-state index contributed by atoms with van der Waals surface area (Å²) in [6, 6.07) is -2.22. The summed E-state index contributed by atoms with van der Waals surface area (Å²) in [7, 11) is 2.40. The average molecular weight is 457 g/mol. The van der Waals surface area contributed by atoms with Crippen LogP contribution in [-0.4, -0.2) is 66.0 Å². The standard InChI is InChI=1S/C16H20N6O6S2/c1-7(23)21-11(15(25)26)3-9-13(19-5-17-9)29-30-14-10(18-6-20-14)4-12(16(27)28)22-8(2)24/h5-6,11-12H,3-4H2,1-2H3,(H,17,19)(H,18,20)(H,21,23)(H,22,24)(H,25,26)(H,27,28)/t11-,12-/m0/s1. The van der Waals surface area contributed by atoms with Crippen LogP contribution in [0.15, 0.2) is 22.7 Å². The number of nitrogens with zero attached hydrogens (tertiary/aromatic N) is 2. The van der Waals surface area contributed by atoms with Crippen molar-refractivity contribution >= 4 is 45.3 Å². The number of aliphatic carboxylic acids is 2. The zero-order chi connectivity index (χ0) is 22.3. The summed E-state index contributed by atoms with van der Waals surface area (Å²) in [5.74, 6) is -3.26. The highest BCUT2D eigenvalue weighted by molar-refractivity contribution is 8.76. The molecular weight excluding hydrogens is 436 g/mol. The van der Waals surface area contributed by atoms with Gasteiger partial charge in [-0.15, -0.1) is 0 Å². The number of amides is 2. The number of carbonyl (C=O) groups is 4. The van der Waals surface area contributed by atoms with Crippen molar-refractivity contribution in [1.82, 2.24) is 30.6 Å². The second-order valence-corrected chi connectivity index (χ2v) is 8.24. The van der Waals surface area contributed by atoms with Gasteiger partial charge in [-0.05, 0) is 21.6 Å². The second-order valence-electron chi connectivity index (χ2n) is 6.13. The summed E-state index contributed by atoms with van der Waals surface area (Å²) in [4.78, 5) is 59.1. The molecule has 0 spiro atoms. The fraction of sp³-hybridized carbons (Fsp3) is 0.375. The highest BCUT2D eigenvalue weighted by atomic mass is 33.1. The molecule has 0 radical (unpaired) electrons. The zero-order valence-electron chi connectivity index (χ0n) is 16.0. The fourth-order valence-electron chi connectivity index (χ4n) is 2.43. The minimum atomic E-state index is -1.17. The van der Waals surface area contributed by atoms with Crippen LogP contribution in [0.25, 0.3) is 0 Å². The summed E-state index contributed by atoms with van der Waals surface area (Å²) < 4.78 is 0. The molecule has 0 unspecified atom stereocenters. The van der Waals surface area contributed by atoms with Crippen LogP contribution in [0.5, 0.6) is 0 Å². The number of carboxylic acids is 2. The van der Waals surface area contributed by atoms with Gasteiger partial charge in [-0.1, -0.05) is 0 Å². The molecule has 6 N–H and O–H groups in total. The summed E-state index contributed by atoms with van der Waals surface area (Å²) >= 11 is 0. The van der Waals surface area contributed by atoms with Crippen molar-refractivity contribution in [3.05, 3.63) is 24.0 Å². The Kier molecular flexibility index (Phi) is 8.29. The number of carboxylic acid groups (broad SMARTS) is 2. The number of aromatic amines is 2. The van der Waals surface area contributed by atoms with Crippen molar-refractivity contribution in [1.29, 1.82) is 0 Å². The van der Waals surface area contributed by atoms with Gasteiger partial charge in [0.1, 0.15) is 22.1 Å². The molecule has 2 atom stereocenters. The molecule has 162 valence electrons. The molecular formula is C16H20N6O6S2. The normalized spacial score (nSPS) is 12.7. The maximum atomic E-state index is 11.3. The first-order valence-electron chi connectivity index (χ1n) is 8.56. The van der Waals surface area contributed by atoms with E-state index in [-0.39, 0.29) is 12.8 Å². The van der Waals surface area contributed by atoms with Gasteiger partial charge < -0.3 is 30.8 Å². The van der Waals surface area contributed by atoms with Crippen molar-refractivity contribution in [2.24, 2.45) is 0 Å². The van der Waals surface area contributed by atoms with E-state index in [1.54, 1.807) is 0 Å². The molecule has 2 aromatic rings. The highest BCUT2D eigenvalue weighted by Crippen LogP contribution is 2.38. The van der Waals surface area contributed by atoms with Gasteiger partial charge in [-0.25, -0.2) is 19.6 Å². The predicted molar refractivity (Wildman–Crippen MR) is 107 cm³/mol. The van der Waals surface area contributed by atoms with Gasteiger partial charge in [0.15, 0.2) is 0 Å². The van der Waals surface area contributed by atoms with Crippen LogP contribution in [0.3, 0.4) is 0 Å². The Morgan fingerprint density at radius 3 is 1.53 bits per heavy atom. The van der Waals surface area contributed by atoms with Crippen molar-refractivity contribution in [2.75, 3.05) is 0 Å². The van der Waals surface area contributed by atoms with E-state index in [1.165, 1.54) is 48.1 Å². The topological polar surface area (TPSA) is 190 Å². The SMILES string of the molecule is CC(=O)N[C@@H](Cc1[nH]cnc1SSc1nc[nH]c1C[C@H](NC(C)=O)C(=O)O)C(=O)O. The minimum absolute atomic E-state index is 0.00878. The first kappa shape index (κ1) is 23.3. The van der Waals surface area contributed by atoms with E-state index in [0.29, 0.717) is 21.4 Å². The summed E-state index contributed by atoms with van der Waals surface area (Å²) in [6.07, 6.45) is 2.84. The highest BCUT2D eigenvalue weighted by Gasteiger charge is 2.24. The Morgan fingerprint density at radius 1 is 0.867 bits per heavy atom. The lowest BCUT2D eigenvalue weighted by Crippen LogP contribution is -2.41. The molecule has 2 amide bonds. The smallest absolute Gasteiger partial charge is 0.326 e. The lowest BCUT2D eigenvalue weighted by Gasteiger charge is -2.13. The lowest BCUT2D eigenvalue weighted by molar-refractivity contribution is -0.141. The van der Waals surface area contributed by atoms with Crippen LogP contribution in [0.1, 0.15) is 25.2 Å². The third-order valence-electron chi connectivity index (χ3n) is 3.72. The van der Waals surface area contributed by atoms with E-state index < -0.39 is 35.8 Å². The number of hydrogen-bond donors (Lipinski definition) is 6. The molecule has 0 bridgehead atoms. The van der Waals surface area contributed by atoms with Gasteiger partial charge >= 0.3 is 11.9 Å². The molecule has 0 aliphatic rings. The van der Waals surface area contributed by atoms with Gasteiger partial charge in [0.2, 0.25) is 11.8 Å². The molecule has 0 fully saturated rings. The number of carbonyl (C=O) groups excluding carboxylic acids is 2. The van der Waals surface area contributed by atoms with Gasteiger partial charge in [-0.3, -0.25) is 9.59 Å². The third-order valence-corrected chi connectivity index (χ3v) is 6.02. The van der Waals surface area contributed by atoms with Crippen molar-refractivity contribution < 1.29 is 29.4 Å². The van der Waals surface area contributed by atoms with E-state index >= 15 is 0 Å². The van der Waals surface area contributed by atoms with Gasteiger partial charge in [0.05, 0.1) is 24.0 Å². The number of aromatic nitrogens is 4. The lowest BCUT2D eigenvalue weighted by atomic mass is 10.1. The van der Waals surface area contributed by atoms with Crippen LogP contribution < -0.4 is 10.6 Å². The largest absolute Gasteiger partial charge is 0.480 e. The second kappa shape index (κ2) is 10.7. The maximum absolute atomic E-state index is 11.3. The monoisotopic (exact) mass is 456 g/mol. The molecule has 2 heterocycles. The van der Waals surface area contributed by atoms with Crippen molar-refractivity contribution in [3.8, 4) is 0 Å². The quantitative estimate of drug-likeness (QED) is 0.255. The number of hydrogen-bond acceptors (Lipinski definition) is 8. The molecule has 0 aromatic carbocycles. The Labute approximate surface area is 178 Å². The third kappa shape index (κ3) is 6.81. The Bertz CT molecular complexity index is 855. The van der Waals surface area contributed by atoms with E-state index in [0.717, 1.165) is 0 Å². The predicted octanol–water partition coefficient (Wildman–Crippen LogP) is 0.196. The van der Waals surface area contributed by atoms with Gasteiger partial charge in [0.25, 0.3) is 0 Å². The Morgan fingerprint density at radius 2 is 1.23 bits per heavy atom. The number of imidazole rings is 2. The number of nitrogens with one attached hydrogen (secondary N) is 4. The van der Waals surface area contributed by atoms with Crippen LogP contribution in [0.4, 0.5) is 0 Å². The molecule has 0 aliphatic heterocycles. The molecule has 0 saturated carbocycles. The molecule has 14 heteroatoms. The molecule has 12 nitrogen and oxygen atoms in total. The minimum Gasteiger partial charge on any atom is -0.480 e. The zero-order valence-corrected chi connectivity index (χ0v) is 17.6. The van der Waals surface area contributed by atoms with E-state index in [2.05, 4.69) is 30.6 Å². The Hall–Kier alpha value is -3.00. The Balaban J connectivity index is 2.06. The average Bonchev–Trinajstić information content (AvgIpc) is 3.27. The number of H-pyrrole nitrogens is 2. The van der Waals surface area contributed by atoms with Crippen molar-refractivity contribution in [3.63, 3.8) is 0 Å². The van der Waals surface area contributed by atoms with Crippen LogP contribution in [-0.2, 0) is 32.0 Å². The van der Waals surface area contributed by atoms with Gasteiger partial charge in [-0.2, -0.15) is 0 Å². The molecule has 0 aliphatic carbocycles. The molecule has 0 saturated heterocycles. The molecule has 2 rings (SSSR count). The number of rotatable bonds is 11. The first-order chi connectivity index (χ1) is 14.2. The maximum Gasteiger partial charge on any atom is 0.326 e. The van der Waals surface area contributed by atoms with E-state index in [9.17, 15) is 29.4 Å². The summed E-state index contributed by atoms with van der Waals surface area (Å²) in [6.45, 7) is 2.47. The summed E-state index contributed by atoms with van der Waals surface area (Å²) in [5, 5.41) is 24.3. The fourth-order valence-corrected chi connectivity index (χ4v) is 4.60. The van der Waals surface area contributed by atoms with E-state index in [1.807, 2.05) is 0 Å². The van der Waals surface area contributed by atoms with E-state index in [4.69, 9.17) is 0 Å². The van der Waals surface area contributed by atoms with Gasteiger partial charge in [0, 0.05) is 26.7 Å².